The van der Waals surface area contributed by atoms with Crippen molar-refractivity contribution in [2.45, 2.75) is 109 Å². The van der Waals surface area contributed by atoms with E-state index >= 15 is 8.78 Å². The van der Waals surface area contributed by atoms with Gasteiger partial charge in [-0.1, -0.05) is 68.0 Å². The fraction of sp³-hybridized carbons (Fsp3) is 0.633. The number of esters is 1. The third-order valence-corrected chi connectivity index (χ3v) is 6.98. The van der Waals surface area contributed by atoms with E-state index in [1.54, 1.807) is 0 Å². The summed E-state index contributed by atoms with van der Waals surface area (Å²) in [6, 6.07) is 9.39. The fourth-order valence-corrected chi connectivity index (χ4v) is 5.12. The highest BCUT2D eigenvalue weighted by Gasteiger charge is 2.45. The average molecular weight is 505 g/mol. The van der Waals surface area contributed by atoms with Crippen LogP contribution in [0.25, 0.3) is 0 Å². The topological polar surface area (TPSA) is 44.8 Å². The summed E-state index contributed by atoms with van der Waals surface area (Å²) in [6.07, 6.45) is 9.93. The molecule has 2 unspecified atom stereocenters. The number of unbranched alkanes of at least 4 members (excludes halogenated alkanes) is 1. The second kappa shape index (κ2) is 14.0. The number of benzene rings is 1. The number of carbonyl (C=O) groups is 1. The predicted octanol–water partition coefficient (Wildman–Crippen LogP) is 7.43. The van der Waals surface area contributed by atoms with Crippen LogP contribution in [0.5, 0.6) is 0 Å². The van der Waals surface area contributed by atoms with Crippen LogP contribution >= 0.6 is 0 Å². The quantitative estimate of drug-likeness (QED) is 0.232. The summed E-state index contributed by atoms with van der Waals surface area (Å²) in [5.74, 6) is -3.36. The number of hydrogen-bond acceptors (Lipinski definition) is 4. The summed E-state index contributed by atoms with van der Waals surface area (Å²) in [5, 5.41) is 0. The Bertz CT molecular complexity index is 852. The predicted molar refractivity (Wildman–Crippen MR) is 138 cm³/mol. The highest BCUT2D eigenvalue weighted by Crippen LogP contribution is 2.41. The van der Waals surface area contributed by atoms with E-state index in [-0.39, 0.29) is 49.1 Å². The number of allylic oxidation sites excluding steroid dienone is 2. The molecule has 1 aliphatic heterocycles. The SMILES string of the molecule is CCCCC(F)(F)[C@@H](/C=C/[C@@H]1C2C/C=C\CCCC(=O)OC2C[C@H]1OC(C)C)OCc1ccccc1. The molecular formula is C30H42F2O4. The third kappa shape index (κ3) is 8.52. The summed E-state index contributed by atoms with van der Waals surface area (Å²) in [6.45, 7) is 5.95. The largest absolute Gasteiger partial charge is 0.462 e. The summed E-state index contributed by atoms with van der Waals surface area (Å²) in [7, 11) is 0. The Morgan fingerprint density at radius 1 is 1.19 bits per heavy atom. The molecule has 3 rings (SSSR count). The Balaban J connectivity index is 1.85. The van der Waals surface area contributed by atoms with E-state index in [2.05, 4.69) is 12.2 Å². The maximum Gasteiger partial charge on any atom is 0.306 e. The van der Waals surface area contributed by atoms with E-state index in [9.17, 15) is 4.79 Å². The number of carbonyl (C=O) groups excluding carboxylic acids is 1. The molecule has 0 spiro atoms. The van der Waals surface area contributed by atoms with Gasteiger partial charge >= 0.3 is 5.97 Å². The van der Waals surface area contributed by atoms with Crippen LogP contribution in [0.1, 0.15) is 77.7 Å². The number of hydrogen-bond donors (Lipinski definition) is 0. The van der Waals surface area contributed by atoms with Gasteiger partial charge in [-0.2, -0.15) is 0 Å². The first kappa shape index (κ1) is 28.5. The molecule has 1 aromatic rings. The summed E-state index contributed by atoms with van der Waals surface area (Å²) in [4.78, 5) is 12.4. The lowest BCUT2D eigenvalue weighted by Gasteiger charge is -2.28. The molecule has 0 N–H and O–H groups in total. The van der Waals surface area contributed by atoms with Crippen molar-refractivity contribution >= 4 is 5.97 Å². The molecule has 5 atom stereocenters. The number of fused-ring (bicyclic) bond motifs is 1. The van der Waals surface area contributed by atoms with E-state index in [1.807, 2.05) is 57.2 Å². The maximum atomic E-state index is 15.3. The first-order chi connectivity index (χ1) is 17.3. The number of rotatable bonds is 11. The van der Waals surface area contributed by atoms with Gasteiger partial charge in [-0.3, -0.25) is 4.79 Å². The second-order valence-corrected chi connectivity index (χ2v) is 10.3. The van der Waals surface area contributed by atoms with Crippen LogP contribution in [0.3, 0.4) is 0 Å². The normalized spacial score (nSPS) is 27.1. The van der Waals surface area contributed by atoms with Crippen LogP contribution in [-0.2, 0) is 25.6 Å². The lowest BCUT2D eigenvalue weighted by atomic mass is 9.88. The van der Waals surface area contributed by atoms with Crippen molar-refractivity contribution in [3.8, 4) is 0 Å². The molecule has 1 aliphatic carbocycles. The van der Waals surface area contributed by atoms with Crippen molar-refractivity contribution in [3.63, 3.8) is 0 Å². The molecule has 0 amide bonds. The lowest BCUT2D eigenvalue weighted by Crippen LogP contribution is -2.35. The Hall–Kier alpha value is -2.05. The maximum absolute atomic E-state index is 15.3. The smallest absolute Gasteiger partial charge is 0.306 e. The molecule has 6 heteroatoms. The van der Waals surface area contributed by atoms with Gasteiger partial charge in [-0.05, 0) is 45.1 Å². The van der Waals surface area contributed by atoms with Crippen LogP contribution in [0, 0.1) is 11.8 Å². The molecule has 1 fully saturated rings. The van der Waals surface area contributed by atoms with Crippen LogP contribution in [-0.4, -0.2) is 36.3 Å². The van der Waals surface area contributed by atoms with Gasteiger partial charge in [0.15, 0.2) is 0 Å². The molecule has 0 radical (unpaired) electrons. The fourth-order valence-electron chi connectivity index (χ4n) is 5.12. The van der Waals surface area contributed by atoms with Gasteiger partial charge in [0, 0.05) is 31.1 Å². The van der Waals surface area contributed by atoms with Gasteiger partial charge in [0.2, 0.25) is 0 Å². The van der Waals surface area contributed by atoms with Crippen molar-refractivity contribution in [1.82, 2.24) is 0 Å². The van der Waals surface area contributed by atoms with Crippen molar-refractivity contribution in [3.05, 3.63) is 60.2 Å². The zero-order valence-electron chi connectivity index (χ0n) is 21.9. The molecule has 0 bridgehead atoms. The van der Waals surface area contributed by atoms with Crippen LogP contribution in [0.4, 0.5) is 8.78 Å². The van der Waals surface area contributed by atoms with E-state index < -0.39 is 12.0 Å². The molecule has 1 aromatic carbocycles. The first-order valence-electron chi connectivity index (χ1n) is 13.5. The minimum absolute atomic E-state index is 0.0247. The van der Waals surface area contributed by atoms with E-state index in [4.69, 9.17) is 14.2 Å². The Labute approximate surface area is 215 Å². The molecule has 200 valence electrons. The van der Waals surface area contributed by atoms with Crippen LogP contribution < -0.4 is 0 Å². The van der Waals surface area contributed by atoms with Gasteiger partial charge in [0.05, 0.1) is 18.8 Å². The number of halogens is 2. The highest BCUT2D eigenvalue weighted by molar-refractivity contribution is 5.69. The average Bonchev–Trinajstić information content (AvgIpc) is 3.15. The van der Waals surface area contributed by atoms with Crippen molar-refractivity contribution < 1.29 is 27.8 Å². The summed E-state index contributed by atoms with van der Waals surface area (Å²) in [5.41, 5.74) is 0.855. The second-order valence-electron chi connectivity index (χ2n) is 10.3. The van der Waals surface area contributed by atoms with Crippen molar-refractivity contribution in [2.24, 2.45) is 11.8 Å². The number of alkyl halides is 2. The molecule has 4 nitrogen and oxygen atoms in total. The monoisotopic (exact) mass is 504 g/mol. The minimum Gasteiger partial charge on any atom is -0.462 e. The number of ether oxygens (including phenoxy) is 3. The van der Waals surface area contributed by atoms with Gasteiger partial charge in [0.25, 0.3) is 5.92 Å². The van der Waals surface area contributed by atoms with Crippen LogP contribution in [0.2, 0.25) is 0 Å². The van der Waals surface area contributed by atoms with Gasteiger partial charge in [0.1, 0.15) is 12.2 Å². The van der Waals surface area contributed by atoms with Crippen molar-refractivity contribution in [2.75, 3.05) is 0 Å². The molecule has 0 saturated heterocycles. The van der Waals surface area contributed by atoms with Gasteiger partial charge in [-0.15, -0.1) is 0 Å². The zero-order valence-corrected chi connectivity index (χ0v) is 21.9. The Morgan fingerprint density at radius 2 is 1.97 bits per heavy atom. The standard InChI is InChI=1S/C30H42F2O4/c1-4-5-19-30(31,32)28(34-21-23-13-9-8-10-14-23)18-17-25-24-15-11-6-7-12-16-29(33)36-27(24)20-26(25)35-22(2)3/h6,8-11,13-14,17-18,22,24-28H,4-5,7,12,15-16,19-21H2,1-3H3/b11-6-,18-17+/t24?,25-,26-,27?,28-/m1/s1. The summed E-state index contributed by atoms with van der Waals surface area (Å²) >= 11 is 0. The summed E-state index contributed by atoms with van der Waals surface area (Å²) < 4.78 is 48.4. The molecule has 1 heterocycles. The Kier molecular flexibility index (Phi) is 11.1. The van der Waals surface area contributed by atoms with E-state index in [1.165, 1.54) is 6.08 Å². The highest BCUT2D eigenvalue weighted by atomic mass is 19.3. The lowest BCUT2D eigenvalue weighted by molar-refractivity contribution is -0.151. The van der Waals surface area contributed by atoms with Gasteiger partial charge in [-0.25, -0.2) is 8.78 Å². The molecule has 0 aromatic heterocycles. The molecular weight excluding hydrogens is 462 g/mol. The molecule has 1 saturated carbocycles. The van der Waals surface area contributed by atoms with E-state index in [0.717, 1.165) is 18.4 Å². The minimum atomic E-state index is -2.99. The Morgan fingerprint density at radius 3 is 2.69 bits per heavy atom. The molecule has 36 heavy (non-hydrogen) atoms. The van der Waals surface area contributed by atoms with Crippen molar-refractivity contribution in [1.29, 1.82) is 0 Å². The zero-order chi connectivity index (χ0) is 26.0. The third-order valence-electron chi connectivity index (χ3n) is 6.98. The van der Waals surface area contributed by atoms with Gasteiger partial charge < -0.3 is 14.2 Å². The van der Waals surface area contributed by atoms with E-state index in [0.29, 0.717) is 32.1 Å². The first-order valence-corrected chi connectivity index (χ1v) is 13.5. The molecule has 2 aliphatic rings. The van der Waals surface area contributed by atoms with Crippen LogP contribution in [0.15, 0.2) is 54.6 Å².